The number of nitro groups is 2. The van der Waals surface area contributed by atoms with Gasteiger partial charge in [-0.05, 0) is 0 Å². The van der Waals surface area contributed by atoms with E-state index in [9.17, 15) is 20.2 Å². The molecule has 10 heavy (non-hydrogen) atoms. The van der Waals surface area contributed by atoms with Gasteiger partial charge < -0.3 is 5.11 Å². The summed E-state index contributed by atoms with van der Waals surface area (Å²) in [5.41, 5.74) is -2.46. The van der Waals surface area contributed by atoms with Crippen LogP contribution in [0.1, 0.15) is 6.92 Å². The SMILES string of the molecule is CC(CO)([N+](=O)[O-])[N+](=O)[O-]. The van der Waals surface area contributed by atoms with Crippen LogP contribution in [0.4, 0.5) is 0 Å². The summed E-state index contributed by atoms with van der Waals surface area (Å²) in [5, 5.41) is 28.0. The van der Waals surface area contributed by atoms with Gasteiger partial charge >= 0.3 is 5.66 Å². The maximum absolute atomic E-state index is 9.90. The molecule has 0 aliphatic carbocycles. The lowest BCUT2D eigenvalue weighted by Crippen LogP contribution is -2.46. The van der Waals surface area contributed by atoms with Crippen molar-refractivity contribution in [3.05, 3.63) is 20.2 Å². The Labute approximate surface area is 55.6 Å². The van der Waals surface area contributed by atoms with Crippen molar-refractivity contribution in [2.45, 2.75) is 12.6 Å². The van der Waals surface area contributed by atoms with Crippen LogP contribution >= 0.6 is 0 Å². The molecule has 0 aliphatic heterocycles. The fourth-order valence-electron chi connectivity index (χ4n) is 0.182. The van der Waals surface area contributed by atoms with Crippen LogP contribution in [0.25, 0.3) is 0 Å². The second-order valence-electron chi connectivity index (χ2n) is 1.89. The zero-order valence-corrected chi connectivity index (χ0v) is 5.18. The fraction of sp³-hybridized carbons (Fsp3) is 1.00. The largest absolute Gasteiger partial charge is 0.477 e. The van der Waals surface area contributed by atoms with Crippen LogP contribution in [0.5, 0.6) is 0 Å². The smallest absolute Gasteiger partial charge is 0.382 e. The number of nitrogens with zero attached hydrogens (tertiary/aromatic N) is 2. The lowest BCUT2D eigenvalue weighted by atomic mass is 10.2. The lowest BCUT2D eigenvalue weighted by Gasteiger charge is -2.07. The average Bonchev–Trinajstić information content (AvgIpc) is 1.85. The van der Waals surface area contributed by atoms with Gasteiger partial charge in [0.05, 0.1) is 6.92 Å². The van der Waals surface area contributed by atoms with E-state index in [1.807, 2.05) is 0 Å². The van der Waals surface area contributed by atoms with Gasteiger partial charge in [0, 0.05) is 0 Å². The highest BCUT2D eigenvalue weighted by Gasteiger charge is 2.49. The lowest BCUT2D eigenvalue weighted by molar-refractivity contribution is -0.793. The number of aliphatic hydroxyl groups excluding tert-OH is 1. The maximum Gasteiger partial charge on any atom is 0.477 e. The number of rotatable bonds is 3. The van der Waals surface area contributed by atoms with Gasteiger partial charge in [-0.2, -0.15) is 0 Å². The molecule has 0 aromatic carbocycles. The summed E-state index contributed by atoms with van der Waals surface area (Å²) in [6, 6.07) is 0. The molecule has 7 nitrogen and oxygen atoms in total. The van der Waals surface area contributed by atoms with Crippen LogP contribution in [0.3, 0.4) is 0 Å². The number of hydrogen-bond donors (Lipinski definition) is 1. The molecular weight excluding hydrogens is 144 g/mol. The molecule has 0 atom stereocenters. The van der Waals surface area contributed by atoms with Gasteiger partial charge in [0.15, 0.2) is 6.61 Å². The van der Waals surface area contributed by atoms with Crippen molar-refractivity contribution in [2.75, 3.05) is 6.61 Å². The molecule has 0 rings (SSSR count). The first kappa shape index (κ1) is 8.76. The molecule has 0 aromatic heterocycles. The summed E-state index contributed by atoms with van der Waals surface area (Å²) in [4.78, 5) is 17.5. The van der Waals surface area contributed by atoms with Gasteiger partial charge in [-0.25, -0.2) is 0 Å². The third kappa shape index (κ3) is 1.18. The highest BCUT2D eigenvalue weighted by Crippen LogP contribution is 2.07. The highest BCUT2D eigenvalue weighted by molar-refractivity contribution is 4.55. The minimum atomic E-state index is -2.46. The predicted molar refractivity (Wildman–Crippen MR) is 29.5 cm³/mol. The maximum atomic E-state index is 9.90. The first-order valence-electron chi connectivity index (χ1n) is 2.35. The molecule has 58 valence electrons. The summed E-state index contributed by atoms with van der Waals surface area (Å²) >= 11 is 0. The van der Waals surface area contributed by atoms with Gasteiger partial charge in [-0.1, -0.05) is 0 Å². The summed E-state index contributed by atoms with van der Waals surface area (Å²) < 4.78 is 0. The quantitative estimate of drug-likeness (QED) is 0.323. The first-order valence-corrected chi connectivity index (χ1v) is 2.35. The third-order valence-electron chi connectivity index (χ3n) is 1.09. The highest BCUT2D eigenvalue weighted by atomic mass is 16.7. The Morgan fingerprint density at radius 1 is 1.40 bits per heavy atom. The van der Waals surface area contributed by atoms with Crippen molar-refractivity contribution in [3.63, 3.8) is 0 Å². The van der Waals surface area contributed by atoms with Crippen molar-refractivity contribution in [1.29, 1.82) is 0 Å². The van der Waals surface area contributed by atoms with Crippen LogP contribution in [0.2, 0.25) is 0 Å². The summed E-state index contributed by atoms with van der Waals surface area (Å²) in [6.07, 6.45) is 0. The molecule has 1 N–H and O–H groups in total. The molecule has 0 aliphatic rings. The Balaban J connectivity index is 4.55. The molecule has 7 heteroatoms. The number of aliphatic hydroxyl groups is 1. The second-order valence-corrected chi connectivity index (χ2v) is 1.89. The minimum Gasteiger partial charge on any atom is -0.382 e. The minimum absolute atomic E-state index is 0.743. The van der Waals surface area contributed by atoms with E-state index in [1.165, 1.54) is 0 Å². The Morgan fingerprint density at radius 2 is 1.70 bits per heavy atom. The molecule has 0 saturated carbocycles. The molecule has 0 unspecified atom stereocenters. The van der Waals surface area contributed by atoms with E-state index in [0.717, 1.165) is 6.92 Å². The van der Waals surface area contributed by atoms with Crippen LogP contribution < -0.4 is 0 Å². The molecule has 0 spiro atoms. The van der Waals surface area contributed by atoms with Gasteiger partial charge in [0.25, 0.3) is 0 Å². The molecule has 0 fully saturated rings. The summed E-state index contributed by atoms with van der Waals surface area (Å²) in [7, 11) is 0. The predicted octanol–water partition coefficient (Wildman–Crippen LogP) is -0.752. The molecule has 0 aromatic rings. The van der Waals surface area contributed by atoms with Crippen molar-refractivity contribution < 1.29 is 15.0 Å². The molecule has 0 radical (unpaired) electrons. The van der Waals surface area contributed by atoms with Crippen molar-refractivity contribution in [1.82, 2.24) is 0 Å². The van der Waals surface area contributed by atoms with E-state index >= 15 is 0 Å². The van der Waals surface area contributed by atoms with E-state index in [-0.39, 0.29) is 0 Å². The first-order chi connectivity index (χ1) is 4.45. The van der Waals surface area contributed by atoms with Crippen molar-refractivity contribution in [2.24, 2.45) is 0 Å². The van der Waals surface area contributed by atoms with Gasteiger partial charge in [-0.15, -0.1) is 0 Å². The van der Waals surface area contributed by atoms with Crippen molar-refractivity contribution >= 4 is 0 Å². The standard InChI is InChI=1S/C3H6N2O5/c1-3(2-6,4(7)8)5(9)10/h6H,2H2,1H3. The van der Waals surface area contributed by atoms with Gasteiger partial charge in [0.2, 0.25) is 0 Å². The molecule has 0 heterocycles. The zero-order valence-electron chi connectivity index (χ0n) is 5.18. The molecular formula is C3H6N2O5. The van der Waals surface area contributed by atoms with E-state index < -0.39 is 22.1 Å². The topological polar surface area (TPSA) is 107 Å². The Bertz CT molecular complexity index is 152. The Morgan fingerprint density at radius 3 is 1.70 bits per heavy atom. The number of hydrogen-bond acceptors (Lipinski definition) is 5. The summed E-state index contributed by atoms with van der Waals surface area (Å²) in [6.45, 7) is -0.361. The van der Waals surface area contributed by atoms with Crippen LogP contribution in [0.15, 0.2) is 0 Å². The monoisotopic (exact) mass is 150 g/mol. The van der Waals surface area contributed by atoms with Crippen LogP contribution in [-0.4, -0.2) is 27.2 Å². The van der Waals surface area contributed by atoms with Crippen LogP contribution in [-0.2, 0) is 0 Å². The Hall–Kier alpha value is -1.24. The van der Waals surface area contributed by atoms with Gasteiger partial charge in [0.1, 0.15) is 9.85 Å². The molecule has 0 saturated heterocycles. The normalized spacial score (nSPS) is 11.0. The van der Waals surface area contributed by atoms with Gasteiger partial charge in [-0.3, -0.25) is 20.2 Å². The zero-order chi connectivity index (χ0) is 8.36. The van der Waals surface area contributed by atoms with Crippen LogP contribution in [0, 0.1) is 20.2 Å². The van der Waals surface area contributed by atoms with Crippen molar-refractivity contribution in [3.8, 4) is 0 Å². The fourth-order valence-corrected chi connectivity index (χ4v) is 0.182. The second kappa shape index (κ2) is 2.56. The molecule has 0 bridgehead atoms. The Kier molecular flexibility index (Phi) is 2.25. The van der Waals surface area contributed by atoms with E-state index in [2.05, 4.69) is 0 Å². The molecule has 0 amide bonds. The van der Waals surface area contributed by atoms with E-state index in [1.54, 1.807) is 0 Å². The van der Waals surface area contributed by atoms with E-state index in [0.29, 0.717) is 0 Å². The summed E-state index contributed by atoms with van der Waals surface area (Å²) in [5.74, 6) is 0. The average molecular weight is 150 g/mol. The van der Waals surface area contributed by atoms with E-state index in [4.69, 9.17) is 5.11 Å². The third-order valence-corrected chi connectivity index (χ3v) is 1.09.